The third kappa shape index (κ3) is 3.60. The molecule has 1 N–H and O–H groups in total. The van der Waals surface area contributed by atoms with E-state index in [-0.39, 0.29) is 23.1 Å². The molecule has 1 atom stereocenters. The van der Waals surface area contributed by atoms with Crippen LogP contribution in [0.4, 0.5) is 0 Å². The number of hydrogen-bond donors (Lipinski definition) is 1. The van der Waals surface area contributed by atoms with Gasteiger partial charge in [0.1, 0.15) is 5.54 Å². The SMILES string of the molecule is CC(C)[C@@](C)(C#N)NC(=O)CSc1nc2ccccc2c(=O)n1C. The molecular weight excluding hydrogens is 324 g/mol. The van der Waals surface area contributed by atoms with Crippen molar-refractivity contribution in [3.05, 3.63) is 34.6 Å². The van der Waals surface area contributed by atoms with Crippen molar-refractivity contribution < 1.29 is 4.79 Å². The number of carbonyl (C=O) groups excluding carboxylic acids is 1. The van der Waals surface area contributed by atoms with Gasteiger partial charge in [0.25, 0.3) is 5.56 Å². The third-order valence-corrected chi connectivity index (χ3v) is 5.09. The number of nitrogens with zero attached hydrogens (tertiary/aromatic N) is 3. The van der Waals surface area contributed by atoms with Crippen molar-refractivity contribution >= 4 is 28.6 Å². The molecule has 1 aromatic heterocycles. The molecule has 2 aromatic rings. The van der Waals surface area contributed by atoms with Gasteiger partial charge in [0, 0.05) is 7.05 Å². The van der Waals surface area contributed by atoms with Crippen LogP contribution >= 0.6 is 11.8 Å². The third-order valence-electron chi connectivity index (χ3n) is 4.06. The maximum absolute atomic E-state index is 12.3. The molecule has 126 valence electrons. The summed E-state index contributed by atoms with van der Waals surface area (Å²) in [4.78, 5) is 28.9. The van der Waals surface area contributed by atoms with E-state index in [1.807, 2.05) is 19.9 Å². The van der Waals surface area contributed by atoms with Crippen LogP contribution in [-0.2, 0) is 11.8 Å². The predicted molar refractivity (Wildman–Crippen MR) is 94.7 cm³/mol. The first-order valence-corrected chi connectivity index (χ1v) is 8.58. The largest absolute Gasteiger partial charge is 0.337 e. The van der Waals surface area contributed by atoms with Crippen LogP contribution in [0.15, 0.2) is 34.2 Å². The molecule has 7 heteroatoms. The van der Waals surface area contributed by atoms with Gasteiger partial charge in [0.2, 0.25) is 5.91 Å². The standard InChI is InChI=1S/C17H20N4O2S/c1-11(2)17(3,10-18)20-14(22)9-24-16-19-13-8-6-5-7-12(13)15(23)21(16)4/h5-8,11H,9H2,1-4H3,(H,20,22)/t17-/m1/s1. The number of aromatic nitrogens is 2. The second-order valence-electron chi connectivity index (χ2n) is 6.08. The maximum Gasteiger partial charge on any atom is 0.261 e. The Bertz CT molecular complexity index is 869. The number of amides is 1. The van der Waals surface area contributed by atoms with Crippen molar-refractivity contribution in [1.82, 2.24) is 14.9 Å². The molecule has 0 bridgehead atoms. The lowest BCUT2D eigenvalue weighted by Crippen LogP contribution is -2.49. The van der Waals surface area contributed by atoms with Gasteiger partial charge in [-0.1, -0.05) is 37.7 Å². The van der Waals surface area contributed by atoms with E-state index in [0.29, 0.717) is 16.1 Å². The molecule has 0 saturated heterocycles. The van der Waals surface area contributed by atoms with Gasteiger partial charge in [-0.2, -0.15) is 5.26 Å². The number of hydrogen-bond acceptors (Lipinski definition) is 5. The predicted octanol–water partition coefficient (Wildman–Crippen LogP) is 2.08. The molecule has 0 aliphatic carbocycles. The van der Waals surface area contributed by atoms with E-state index in [4.69, 9.17) is 0 Å². The van der Waals surface area contributed by atoms with Gasteiger partial charge in [-0.05, 0) is 25.0 Å². The number of fused-ring (bicyclic) bond motifs is 1. The minimum Gasteiger partial charge on any atom is -0.337 e. The number of rotatable bonds is 5. The Balaban J connectivity index is 2.17. The summed E-state index contributed by atoms with van der Waals surface area (Å²) in [6.07, 6.45) is 0. The fraction of sp³-hybridized carbons (Fsp3) is 0.412. The highest BCUT2D eigenvalue weighted by atomic mass is 32.2. The number of nitrogens with one attached hydrogen (secondary N) is 1. The van der Waals surface area contributed by atoms with Crippen molar-refractivity contribution in [3.63, 3.8) is 0 Å². The van der Waals surface area contributed by atoms with Crippen molar-refractivity contribution in [2.45, 2.75) is 31.5 Å². The topological polar surface area (TPSA) is 87.8 Å². The Morgan fingerprint density at radius 2 is 2.12 bits per heavy atom. The van der Waals surface area contributed by atoms with Crippen LogP contribution in [0.25, 0.3) is 10.9 Å². The van der Waals surface area contributed by atoms with Crippen molar-refractivity contribution in [3.8, 4) is 6.07 Å². The van der Waals surface area contributed by atoms with Crippen LogP contribution < -0.4 is 10.9 Å². The zero-order chi connectivity index (χ0) is 17.9. The second-order valence-corrected chi connectivity index (χ2v) is 7.02. The molecule has 0 saturated carbocycles. The summed E-state index contributed by atoms with van der Waals surface area (Å²) >= 11 is 1.18. The van der Waals surface area contributed by atoms with Crippen molar-refractivity contribution in [2.24, 2.45) is 13.0 Å². The smallest absolute Gasteiger partial charge is 0.261 e. The Hall–Kier alpha value is -2.33. The van der Waals surface area contributed by atoms with Gasteiger partial charge >= 0.3 is 0 Å². The molecule has 0 aliphatic heterocycles. The van der Waals surface area contributed by atoms with E-state index in [0.717, 1.165) is 0 Å². The van der Waals surface area contributed by atoms with Crippen LogP contribution in [0, 0.1) is 17.2 Å². The molecule has 6 nitrogen and oxygen atoms in total. The maximum atomic E-state index is 12.3. The van der Waals surface area contributed by atoms with Crippen molar-refractivity contribution in [2.75, 3.05) is 5.75 Å². The van der Waals surface area contributed by atoms with Crippen LogP contribution in [-0.4, -0.2) is 26.8 Å². The van der Waals surface area contributed by atoms with Gasteiger partial charge < -0.3 is 5.32 Å². The number of nitriles is 1. The first kappa shape index (κ1) is 18.0. The monoisotopic (exact) mass is 344 g/mol. The zero-order valence-electron chi connectivity index (χ0n) is 14.2. The van der Waals surface area contributed by atoms with Crippen LogP contribution in [0.3, 0.4) is 0 Å². The number of para-hydroxylation sites is 1. The molecule has 1 heterocycles. The molecule has 0 aliphatic rings. The number of carbonyl (C=O) groups is 1. The zero-order valence-corrected chi connectivity index (χ0v) is 15.0. The van der Waals surface area contributed by atoms with Gasteiger partial charge in [0.15, 0.2) is 5.16 Å². The summed E-state index contributed by atoms with van der Waals surface area (Å²) in [5.41, 5.74) is -0.458. The van der Waals surface area contributed by atoms with E-state index in [1.165, 1.54) is 16.3 Å². The van der Waals surface area contributed by atoms with E-state index >= 15 is 0 Å². The lowest BCUT2D eigenvalue weighted by Gasteiger charge is -2.27. The van der Waals surface area contributed by atoms with Crippen LogP contribution in [0.5, 0.6) is 0 Å². The Morgan fingerprint density at radius 1 is 1.46 bits per heavy atom. The quantitative estimate of drug-likeness (QED) is 0.663. The van der Waals surface area contributed by atoms with Crippen molar-refractivity contribution in [1.29, 1.82) is 5.26 Å². The highest BCUT2D eigenvalue weighted by molar-refractivity contribution is 7.99. The highest BCUT2D eigenvalue weighted by Gasteiger charge is 2.29. The van der Waals surface area contributed by atoms with Gasteiger partial charge in [-0.15, -0.1) is 0 Å². The lowest BCUT2D eigenvalue weighted by atomic mass is 9.90. The first-order chi connectivity index (χ1) is 11.3. The summed E-state index contributed by atoms with van der Waals surface area (Å²) in [6, 6.07) is 9.25. The first-order valence-electron chi connectivity index (χ1n) is 7.59. The van der Waals surface area contributed by atoms with E-state index in [9.17, 15) is 14.9 Å². The molecule has 1 amide bonds. The minimum absolute atomic E-state index is 0.0143. The number of thioether (sulfide) groups is 1. The fourth-order valence-electron chi connectivity index (χ4n) is 2.08. The average Bonchev–Trinajstić information content (AvgIpc) is 2.56. The Kier molecular flexibility index (Phi) is 5.30. The Labute approximate surface area is 144 Å². The average molecular weight is 344 g/mol. The lowest BCUT2D eigenvalue weighted by molar-refractivity contribution is -0.120. The summed E-state index contributed by atoms with van der Waals surface area (Å²) in [6.45, 7) is 5.46. The van der Waals surface area contributed by atoms with Gasteiger partial charge in [-0.3, -0.25) is 14.2 Å². The van der Waals surface area contributed by atoms with Gasteiger partial charge in [-0.25, -0.2) is 4.98 Å². The van der Waals surface area contributed by atoms with E-state index in [2.05, 4.69) is 16.4 Å². The summed E-state index contributed by atoms with van der Waals surface area (Å²) < 4.78 is 1.44. The molecular formula is C17H20N4O2S. The highest BCUT2D eigenvalue weighted by Crippen LogP contribution is 2.19. The van der Waals surface area contributed by atoms with Gasteiger partial charge in [0.05, 0.1) is 22.7 Å². The second kappa shape index (κ2) is 7.05. The number of benzene rings is 1. The summed E-state index contributed by atoms with van der Waals surface area (Å²) in [5.74, 6) is -0.192. The minimum atomic E-state index is -0.916. The molecule has 24 heavy (non-hydrogen) atoms. The molecule has 2 rings (SSSR count). The molecule has 0 unspecified atom stereocenters. The summed E-state index contributed by atoms with van der Waals surface area (Å²) in [7, 11) is 1.63. The molecule has 1 aromatic carbocycles. The van der Waals surface area contributed by atoms with Crippen LogP contribution in [0.2, 0.25) is 0 Å². The molecule has 0 fully saturated rings. The molecule has 0 radical (unpaired) electrons. The van der Waals surface area contributed by atoms with E-state index in [1.54, 1.807) is 32.2 Å². The van der Waals surface area contributed by atoms with E-state index < -0.39 is 5.54 Å². The Morgan fingerprint density at radius 3 is 2.75 bits per heavy atom. The summed E-state index contributed by atoms with van der Waals surface area (Å²) in [5, 5.41) is 13.0. The van der Waals surface area contributed by atoms with Crippen LogP contribution in [0.1, 0.15) is 20.8 Å². The fourth-order valence-corrected chi connectivity index (χ4v) is 2.86. The molecule has 0 spiro atoms. The normalized spacial score (nSPS) is 13.5.